The fraction of sp³-hybridized carbons (Fsp3) is 0.545. The summed E-state index contributed by atoms with van der Waals surface area (Å²) in [6, 6.07) is 8.25. The number of aromatic nitrogens is 1. The van der Waals surface area contributed by atoms with Crippen LogP contribution in [0.5, 0.6) is 0 Å². The Bertz CT molecular complexity index is 780. The van der Waals surface area contributed by atoms with Crippen LogP contribution in [0.15, 0.2) is 34.9 Å². The molecule has 2 atom stereocenters. The van der Waals surface area contributed by atoms with E-state index in [9.17, 15) is 4.79 Å². The molecule has 28 heavy (non-hydrogen) atoms. The van der Waals surface area contributed by atoms with Crippen LogP contribution in [-0.4, -0.2) is 48.0 Å². The van der Waals surface area contributed by atoms with Crippen LogP contribution < -0.4 is 10.6 Å². The Kier molecular flexibility index (Phi) is 6.07. The number of nitrogens with one attached hydrogen (secondary N) is 2. The van der Waals surface area contributed by atoms with Crippen molar-refractivity contribution < 1.29 is 9.21 Å². The second-order valence-electron chi connectivity index (χ2n) is 8.15. The van der Waals surface area contributed by atoms with Gasteiger partial charge in [-0.1, -0.05) is 17.7 Å². The van der Waals surface area contributed by atoms with Crippen LogP contribution in [0.25, 0.3) is 11.5 Å². The van der Waals surface area contributed by atoms with E-state index in [2.05, 4.69) is 39.6 Å². The third kappa shape index (κ3) is 4.80. The zero-order valence-corrected chi connectivity index (χ0v) is 16.6. The predicted molar refractivity (Wildman–Crippen MR) is 109 cm³/mol. The third-order valence-electron chi connectivity index (χ3n) is 5.78. The number of oxazole rings is 1. The number of piperidine rings is 1. The van der Waals surface area contributed by atoms with Crippen molar-refractivity contribution in [1.29, 1.82) is 0 Å². The molecule has 2 fully saturated rings. The van der Waals surface area contributed by atoms with Crippen molar-refractivity contribution in [3.63, 3.8) is 0 Å². The summed E-state index contributed by atoms with van der Waals surface area (Å²) in [4.78, 5) is 19.3. The summed E-state index contributed by atoms with van der Waals surface area (Å²) in [5.74, 6) is 1.34. The number of nitrogens with zero attached hydrogens (tertiary/aromatic N) is 2. The second kappa shape index (κ2) is 8.88. The van der Waals surface area contributed by atoms with Crippen molar-refractivity contribution in [2.45, 2.75) is 45.2 Å². The second-order valence-corrected chi connectivity index (χ2v) is 8.15. The number of hydrogen-bond donors (Lipinski definition) is 2. The molecule has 6 nitrogen and oxygen atoms in total. The molecule has 1 aromatic carbocycles. The quantitative estimate of drug-likeness (QED) is 0.804. The molecule has 150 valence electrons. The Morgan fingerprint density at radius 2 is 2.14 bits per heavy atom. The van der Waals surface area contributed by atoms with Gasteiger partial charge in [0.15, 0.2) is 0 Å². The topological polar surface area (TPSA) is 70.4 Å². The van der Waals surface area contributed by atoms with Crippen LogP contribution in [0, 0.1) is 12.8 Å². The summed E-state index contributed by atoms with van der Waals surface area (Å²) in [6.45, 7) is 6.65. The van der Waals surface area contributed by atoms with Gasteiger partial charge in [0.05, 0.1) is 11.7 Å². The van der Waals surface area contributed by atoms with Gasteiger partial charge in [-0.15, -0.1) is 0 Å². The molecule has 2 aromatic rings. The summed E-state index contributed by atoms with van der Waals surface area (Å²) in [5, 5.41) is 6.41. The van der Waals surface area contributed by atoms with E-state index in [0.717, 1.165) is 63.2 Å². The van der Waals surface area contributed by atoms with Crippen LogP contribution >= 0.6 is 0 Å². The maximum atomic E-state index is 12.2. The fourth-order valence-electron chi connectivity index (χ4n) is 4.18. The number of rotatable bonds is 6. The molecule has 2 aliphatic heterocycles. The molecule has 3 heterocycles. The summed E-state index contributed by atoms with van der Waals surface area (Å²) >= 11 is 0. The normalized spacial score (nSPS) is 23.0. The van der Waals surface area contributed by atoms with Crippen LogP contribution in [0.2, 0.25) is 0 Å². The van der Waals surface area contributed by atoms with Gasteiger partial charge in [-0.3, -0.25) is 9.69 Å². The molecule has 4 rings (SSSR count). The average Bonchev–Trinajstić information content (AvgIpc) is 3.39. The summed E-state index contributed by atoms with van der Waals surface area (Å²) in [7, 11) is 0. The number of benzene rings is 1. The smallest absolute Gasteiger partial charge is 0.237 e. The van der Waals surface area contributed by atoms with E-state index >= 15 is 0 Å². The van der Waals surface area contributed by atoms with Crippen molar-refractivity contribution in [2.24, 2.45) is 5.92 Å². The highest BCUT2D eigenvalue weighted by Crippen LogP contribution is 2.22. The van der Waals surface area contributed by atoms with Crippen LogP contribution in [0.1, 0.15) is 36.9 Å². The lowest BCUT2D eigenvalue weighted by molar-refractivity contribution is -0.123. The molecular weight excluding hydrogens is 352 g/mol. The molecule has 0 saturated carbocycles. The maximum Gasteiger partial charge on any atom is 0.237 e. The van der Waals surface area contributed by atoms with Crippen LogP contribution in [-0.2, 0) is 11.3 Å². The van der Waals surface area contributed by atoms with Crippen molar-refractivity contribution >= 4 is 5.91 Å². The molecule has 2 N–H and O–H groups in total. The van der Waals surface area contributed by atoms with Gasteiger partial charge in [-0.05, 0) is 63.7 Å². The van der Waals surface area contributed by atoms with Crippen molar-refractivity contribution in [2.75, 3.05) is 26.2 Å². The van der Waals surface area contributed by atoms with E-state index in [1.807, 2.05) is 12.1 Å². The first kappa shape index (κ1) is 19.2. The number of carbonyl (C=O) groups is 1. The Morgan fingerprint density at radius 3 is 2.93 bits per heavy atom. The SMILES string of the molecule is Cc1ccc(-c2nc(CN3CCCC(CNC(=O)C4CCCN4)C3)co2)cc1. The van der Waals surface area contributed by atoms with Crippen molar-refractivity contribution in [1.82, 2.24) is 20.5 Å². The lowest BCUT2D eigenvalue weighted by Gasteiger charge is -2.32. The molecule has 0 spiro atoms. The molecule has 1 aromatic heterocycles. The number of amides is 1. The molecule has 2 aliphatic rings. The average molecular weight is 383 g/mol. The summed E-state index contributed by atoms with van der Waals surface area (Å²) < 4.78 is 5.69. The van der Waals surface area contributed by atoms with Gasteiger partial charge < -0.3 is 15.1 Å². The van der Waals surface area contributed by atoms with E-state index in [0.29, 0.717) is 11.8 Å². The lowest BCUT2D eigenvalue weighted by atomic mass is 9.97. The highest BCUT2D eigenvalue weighted by Gasteiger charge is 2.25. The van der Waals surface area contributed by atoms with Crippen molar-refractivity contribution in [3.05, 3.63) is 41.8 Å². The van der Waals surface area contributed by atoms with Gasteiger partial charge in [-0.25, -0.2) is 4.98 Å². The van der Waals surface area contributed by atoms with E-state index in [1.165, 1.54) is 12.0 Å². The number of aryl methyl sites for hydroxylation is 1. The first-order chi connectivity index (χ1) is 13.7. The molecule has 0 bridgehead atoms. The van der Waals surface area contributed by atoms with Gasteiger partial charge in [0.2, 0.25) is 11.8 Å². The largest absolute Gasteiger partial charge is 0.444 e. The first-order valence-corrected chi connectivity index (χ1v) is 10.4. The molecule has 1 amide bonds. The Labute approximate surface area is 166 Å². The summed E-state index contributed by atoms with van der Waals surface area (Å²) in [5.41, 5.74) is 3.21. The monoisotopic (exact) mass is 382 g/mol. The lowest BCUT2D eigenvalue weighted by Crippen LogP contribution is -2.45. The van der Waals surface area contributed by atoms with Gasteiger partial charge in [0.25, 0.3) is 0 Å². The van der Waals surface area contributed by atoms with E-state index in [4.69, 9.17) is 4.42 Å². The van der Waals surface area contributed by atoms with E-state index < -0.39 is 0 Å². The van der Waals surface area contributed by atoms with Crippen molar-refractivity contribution in [3.8, 4) is 11.5 Å². The highest BCUT2D eigenvalue weighted by molar-refractivity contribution is 5.81. The Morgan fingerprint density at radius 1 is 1.29 bits per heavy atom. The molecule has 6 heteroatoms. The van der Waals surface area contributed by atoms with E-state index in [1.54, 1.807) is 6.26 Å². The molecular formula is C22H30N4O2. The van der Waals surface area contributed by atoms with Crippen LogP contribution in [0.3, 0.4) is 0 Å². The third-order valence-corrected chi connectivity index (χ3v) is 5.78. The minimum Gasteiger partial charge on any atom is -0.444 e. The molecule has 2 saturated heterocycles. The van der Waals surface area contributed by atoms with E-state index in [-0.39, 0.29) is 11.9 Å². The zero-order valence-electron chi connectivity index (χ0n) is 16.6. The molecule has 0 radical (unpaired) electrons. The number of carbonyl (C=O) groups excluding carboxylic acids is 1. The predicted octanol–water partition coefficient (Wildman–Crippen LogP) is 2.73. The Hall–Kier alpha value is -2.18. The maximum absolute atomic E-state index is 12.2. The van der Waals surface area contributed by atoms with Gasteiger partial charge in [-0.2, -0.15) is 0 Å². The zero-order chi connectivity index (χ0) is 19.3. The van der Waals surface area contributed by atoms with Crippen LogP contribution in [0.4, 0.5) is 0 Å². The molecule has 2 unspecified atom stereocenters. The van der Waals surface area contributed by atoms with Gasteiger partial charge >= 0.3 is 0 Å². The minimum atomic E-state index is 0.00928. The fourth-order valence-corrected chi connectivity index (χ4v) is 4.18. The Balaban J connectivity index is 1.28. The standard InChI is InChI=1S/C22H30N4O2/c1-16-6-8-18(9-7-16)22-25-19(15-28-22)14-26-11-3-4-17(13-26)12-24-21(27)20-5-2-10-23-20/h6-9,15,17,20,23H,2-5,10-14H2,1H3,(H,24,27). The number of likely N-dealkylation sites (tertiary alicyclic amines) is 1. The molecule has 0 aliphatic carbocycles. The van der Waals surface area contributed by atoms with Gasteiger partial charge in [0, 0.05) is 25.2 Å². The first-order valence-electron chi connectivity index (χ1n) is 10.4. The number of hydrogen-bond acceptors (Lipinski definition) is 5. The minimum absolute atomic E-state index is 0.00928. The van der Waals surface area contributed by atoms with Gasteiger partial charge in [0.1, 0.15) is 6.26 Å². The summed E-state index contributed by atoms with van der Waals surface area (Å²) in [6.07, 6.45) is 6.15. The highest BCUT2D eigenvalue weighted by atomic mass is 16.3.